The maximum atomic E-state index is 11.4. The van der Waals surface area contributed by atoms with E-state index >= 15 is 0 Å². The number of aryl methyl sites for hydroxylation is 1. The van der Waals surface area contributed by atoms with Crippen molar-refractivity contribution in [2.24, 2.45) is 0 Å². The molecule has 0 atom stereocenters. The Balaban J connectivity index is 2.68. The monoisotopic (exact) mass is 305 g/mol. The van der Waals surface area contributed by atoms with Crippen LogP contribution in [0.25, 0.3) is 0 Å². The zero-order valence-electron chi connectivity index (χ0n) is 10.8. The lowest BCUT2D eigenvalue weighted by Crippen LogP contribution is -2.29. The summed E-state index contributed by atoms with van der Waals surface area (Å²) in [6.07, 6.45) is 0.854. The highest BCUT2D eigenvalue weighted by molar-refractivity contribution is 8.13. The van der Waals surface area contributed by atoms with Gasteiger partial charge in [0.25, 0.3) is 15.0 Å². The topological polar surface area (TPSA) is 72.5 Å². The minimum Gasteiger partial charge on any atom is -0.484 e. The smallest absolute Gasteiger partial charge is 0.261 e. The van der Waals surface area contributed by atoms with E-state index in [1.54, 1.807) is 6.92 Å². The van der Waals surface area contributed by atoms with Crippen LogP contribution in [-0.4, -0.2) is 27.5 Å². The van der Waals surface area contributed by atoms with Crippen LogP contribution in [0.4, 0.5) is 0 Å². The number of carbonyl (C=O) groups excluding carboxylic acids is 1. The Bertz CT molecular complexity index is 557. The average molecular weight is 306 g/mol. The van der Waals surface area contributed by atoms with Crippen molar-refractivity contribution in [3.05, 3.63) is 23.8 Å². The number of carbonyl (C=O) groups is 1. The molecule has 1 N–H and O–H groups in total. The third-order valence-corrected chi connectivity index (χ3v) is 3.71. The van der Waals surface area contributed by atoms with Crippen molar-refractivity contribution in [3.63, 3.8) is 0 Å². The predicted molar refractivity (Wildman–Crippen MR) is 73.0 cm³/mol. The number of nitrogens with one attached hydrogen (secondary N) is 1. The van der Waals surface area contributed by atoms with Gasteiger partial charge in [-0.25, -0.2) is 8.42 Å². The zero-order chi connectivity index (χ0) is 14.5. The summed E-state index contributed by atoms with van der Waals surface area (Å²) in [5.74, 6) is 0.242. The first-order valence-electron chi connectivity index (χ1n) is 5.79. The number of rotatable bonds is 6. The lowest BCUT2D eigenvalue weighted by Gasteiger charge is -2.09. The molecular formula is C12H16ClNO4S. The minimum atomic E-state index is -3.75. The third kappa shape index (κ3) is 5.08. The van der Waals surface area contributed by atoms with Crippen LogP contribution in [0.3, 0.4) is 0 Å². The highest BCUT2D eigenvalue weighted by Gasteiger charge is 2.12. The number of hydrogen-bond acceptors (Lipinski definition) is 4. The second-order valence-corrected chi connectivity index (χ2v) is 6.57. The molecular weight excluding hydrogens is 290 g/mol. The maximum Gasteiger partial charge on any atom is 0.261 e. The van der Waals surface area contributed by atoms with E-state index in [-0.39, 0.29) is 17.4 Å². The van der Waals surface area contributed by atoms with Gasteiger partial charge in [0.2, 0.25) is 0 Å². The molecule has 0 spiro atoms. The molecule has 1 rings (SSSR count). The fraction of sp³-hybridized carbons (Fsp3) is 0.417. The molecule has 0 aliphatic rings. The normalized spacial score (nSPS) is 11.1. The lowest BCUT2D eigenvalue weighted by atomic mass is 10.2. The third-order valence-electron chi connectivity index (χ3n) is 2.36. The van der Waals surface area contributed by atoms with E-state index in [1.807, 2.05) is 6.92 Å². The lowest BCUT2D eigenvalue weighted by molar-refractivity contribution is -0.123. The molecule has 0 aliphatic heterocycles. The number of benzene rings is 1. The van der Waals surface area contributed by atoms with Gasteiger partial charge >= 0.3 is 0 Å². The van der Waals surface area contributed by atoms with E-state index in [0.29, 0.717) is 17.9 Å². The highest BCUT2D eigenvalue weighted by Crippen LogP contribution is 2.23. The Morgan fingerprint density at radius 3 is 2.63 bits per heavy atom. The zero-order valence-corrected chi connectivity index (χ0v) is 12.3. The van der Waals surface area contributed by atoms with Crippen molar-refractivity contribution in [2.45, 2.75) is 25.2 Å². The Labute approximate surface area is 117 Å². The van der Waals surface area contributed by atoms with E-state index in [0.717, 1.165) is 6.42 Å². The first-order chi connectivity index (χ1) is 8.84. The van der Waals surface area contributed by atoms with Crippen LogP contribution in [-0.2, 0) is 13.8 Å². The fourth-order valence-corrected chi connectivity index (χ4v) is 2.23. The van der Waals surface area contributed by atoms with Gasteiger partial charge in [-0.3, -0.25) is 4.79 Å². The summed E-state index contributed by atoms with van der Waals surface area (Å²) >= 11 is 0. The Morgan fingerprint density at radius 1 is 1.42 bits per heavy atom. The average Bonchev–Trinajstić information content (AvgIpc) is 2.33. The van der Waals surface area contributed by atoms with Gasteiger partial charge in [-0.15, -0.1) is 0 Å². The van der Waals surface area contributed by atoms with Crippen LogP contribution < -0.4 is 10.1 Å². The predicted octanol–water partition coefficient (Wildman–Crippen LogP) is 1.83. The van der Waals surface area contributed by atoms with Gasteiger partial charge in [0.15, 0.2) is 6.61 Å². The molecule has 1 amide bonds. The van der Waals surface area contributed by atoms with Crippen LogP contribution in [0.15, 0.2) is 23.1 Å². The standard InChI is InChI=1S/C12H16ClNO4S/c1-3-6-14-12(15)8-18-11-5-4-10(7-9(11)2)19(13,16)17/h4-5,7H,3,6,8H2,1-2H3,(H,14,15). The molecule has 1 aromatic rings. The van der Waals surface area contributed by atoms with Gasteiger partial charge in [-0.2, -0.15) is 0 Å². The number of halogens is 1. The number of amides is 1. The summed E-state index contributed by atoms with van der Waals surface area (Å²) in [5, 5.41) is 2.68. The van der Waals surface area contributed by atoms with Crippen LogP contribution >= 0.6 is 10.7 Å². The van der Waals surface area contributed by atoms with Crippen molar-refractivity contribution in [2.75, 3.05) is 13.2 Å². The molecule has 1 aromatic carbocycles. The van der Waals surface area contributed by atoms with Gasteiger partial charge in [-0.1, -0.05) is 6.92 Å². The van der Waals surface area contributed by atoms with Crippen LogP contribution in [0.2, 0.25) is 0 Å². The Kier molecular flexibility index (Phi) is 5.62. The molecule has 0 aliphatic carbocycles. The maximum absolute atomic E-state index is 11.4. The molecule has 0 heterocycles. The molecule has 0 aromatic heterocycles. The Morgan fingerprint density at radius 2 is 2.11 bits per heavy atom. The quantitative estimate of drug-likeness (QED) is 0.814. The molecule has 0 radical (unpaired) electrons. The van der Waals surface area contributed by atoms with E-state index in [9.17, 15) is 13.2 Å². The van der Waals surface area contributed by atoms with E-state index in [1.165, 1.54) is 18.2 Å². The minimum absolute atomic E-state index is 0.00875. The number of ether oxygens (including phenoxy) is 1. The van der Waals surface area contributed by atoms with Crippen molar-refractivity contribution in [3.8, 4) is 5.75 Å². The van der Waals surface area contributed by atoms with Crippen LogP contribution in [0.5, 0.6) is 5.75 Å². The van der Waals surface area contributed by atoms with Crippen molar-refractivity contribution in [1.82, 2.24) is 5.32 Å². The van der Waals surface area contributed by atoms with Gasteiger partial charge in [0, 0.05) is 17.2 Å². The SMILES string of the molecule is CCCNC(=O)COc1ccc(S(=O)(=O)Cl)cc1C. The van der Waals surface area contributed by atoms with Gasteiger partial charge in [-0.05, 0) is 37.1 Å². The summed E-state index contributed by atoms with van der Waals surface area (Å²) in [6.45, 7) is 4.14. The summed E-state index contributed by atoms with van der Waals surface area (Å²) in [6, 6.07) is 4.23. The molecule has 0 saturated heterocycles. The van der Waals surface area contributed by atoms with Crippen molar-refractivity contribution < 1.29 is 17.9 Å². The van der Waals surface area contributed by atoms with Gasteiger partial charge in [0.05, 0.1) is 4.90 Å². The van der Waals surface area contributed by atoms with Gasteiger partial charge in [0.1, 0.15) is 5.75 Å². The van der Waals surface area contributed by atoms with Crippen molar-refractivity contribution >= 4 is 25.6 Å². The second-order valence-electron chi connectivity index (χ2n) is 4.00. The fourth-order valence-electron chi connectivity index (χ4n) is 1.39. The molecule has 0 unspecified atom stereocenters. The molecule has 0 fully saturated rings. The molecule has 106 valence electrons. The molecule has 7 heteroatoms. The second kappa shape index (κ2) is 6.77. The summed E-state index contributed by atoms with van der Waals surface area (Å²) in [4.78, 5) is 11.4. The Hall–Kier alpha value is -1.27. The summed E-state index contributed by atoms with van der Waals surface area (Å²) in [5.41, 5.74) is 0.602. The molecule has 5 nitrogen and oxygen atoms in total. The molecule has 0 bridgehead atoms. The summed E-state index contributed by atoms with van der Waals surface area (Å²) < 4.78 is 27.6. The number of hydrogen-bond donors (Lipinski definition) is 1. The van der Waals surface area contributed by atoms with E-state index in [2.05, 4.69) is 5.32 Å². The van der Waals surface area contributed by atoms with Crippen LogP contribution in [0, 0.1) is 6.92 Å². The first-order valence-corrected chi connectivity index (χ1v) is 8.10. The molecule has 0 saturated carbocycles. The van der Waals surface area contributed by atoms with Crippen molar-refractivity contribution in [1.29, 1.82) is 0 Å². The van der Waals surface area contributed by atoms with E-state index in [4.69, 9.17) is 15.4 Å². The molecule has 19 heavy (non-hydrogen) atoms. The first kappa shape index (κ1) is 15.8. The van der Waals surface area contributed by atoms with Crippen LogP contribution in [0.1, 0.15) is 18.9 Å². The van der Waals surface area contributed by atoms with E-state index < -0.39 is 9.05 Å². The van der Waals surface area contributed by atoms with Gasteiger partial charge < -0.3 is 10.1 Å². The summed E-state index contributed by atoms with van der Waals surface area (Å²) in [7, 11) is 1.49. The highest BCUT2D eigenvalue weighted by atomic mass is 35.7. The largest absolute Gasteiger partial charge is 0.484 e.